The number of nitrogens with zero attached hydrogens (tertiary/aromatic N) is 2. The molecule has 0 saturated carbocycles. The average molecular weight is 281 g/mol. The molecule has 1 heterocycles. The van der Waals surface area contributed by atoms with E-state index in [-0.39, 0.29) is 5.92 Å². The fourth-order valence-corrected chi connectivity index (χ4v) is 1.77. The van der Waals surface area contributed by atoms with E-state index in [1.54, 1.807) is 38.1 Å². The monoisotopic (exact) mass is 280 g/mol. The second-order valence-electron chi connectivity index (χ2n) is 4.37. The number of carbonyl (C=O) groups is 1. The van der Waals surface area contributed by atoms with Gasteiger partial charge in [0.2, 0.25) is 11.8 Å². The fraction of sp³-hybridized carbons (Fsp3) is 0.308. The third-order valence-electron chi connectivity index (χ3n) is 3.04. The first-order valence-corrected chi connectivity index (χ1v) is 6.19. The summed E-state index contributed by atoms with van der Waals surface area (Å²) >= 11 is 5.89. The normalized spacial score (nSPS) is 14.1. The first-order chi connectivity index (χ1) is 8.99. The summed E-state index contributed by atoms with van der Waals surface area (Å²) in [6.07, 6.45) is 0. The number of halogens is 1. The quantitative estimate of drug-likeness (QED) is 0.930. The first kappa shape index (κ1) is 13.5. The van der Waals surface area contributed by atoms with Crippen molar-refractivity contribution in [2.24, 2.45) is 5.92 Å². The maximum Gasteiger partial charge on any atom is 0.307 e. The van der Waals surface area contributed by atoms with E-state index in [0.29, 0.717) is 22.4 Å². The van der Waals surface area contributed by atoms with Crippen LogP contribution in [0.1, 0.15) is 25.7 Å². The number of benzene rings is 1. The third-order valence-corrected chi connectivity index (χ3v) is 3.28. The summed E-state index contributed by atoms with van der Waals surface area (Å²) in [7, 11) is 0. The molecule has 2 rings (SSSR count). The van der Waals surface area contributed by atoms with Crippen molar-refractivity contribution < 1.29 is 14.3 Å². The van der Waals surface area contributed by atoms with E-state index in [1.165, 1.54) is 0 Å². The standard InChI is InChI=1S/C13H13ClN2O3/c1-7(8(2)13(17)18)11-15-16-12(19-11)9-4-3-5-10(14)6-9/h3-8H,1-2H3,(H,17,18). The molecule has 0 radical (unpaired) electrons. The number of rotatable bonds is 4. The molecule has 1 N–H and O–H groups in total. The Hall–Kier alpha value is -1.88. The molecule has 0 amide bonds. The minimum absolute atomic E-state index is 0.310. The van der Waals surface area contributed by atoms with E-state index in [2.05, 4.69) is 10.2 Å². The van der Waals surface area contributed by atoms with E-state index < -0.39 is 11.9 Å². The van der Waals surface area contributed by atoms with Crippen LogP contribution in [0.4, 0.5) is 0 Å². The molecule has 6 heteroatoms. The summed E-state index contributed by atoms with van der Waals surface area (Å²) in [5.41, 5.74) is 0.710. The van der Waals surface area contributed by atoms with Crippen molar-refractivity contribution in [2.45, 2.75) is 19.8 Å². The Morgan fingerprint density at radius 2 is 2.11 bits per heavy atom. The minimum atomic E-state index is -0.894. The summed E-state index contributed by atoms with van der Waals surface area (Å²) in [5.74, 6) is -1.19. The van der Waals surface area contributed by atoms with Gasteiger partial charge in [-0.15, -0.1) is 10.2 Å². The molecule has 1 aromatic carbocycles. The Labute approximate surface area is 115 Å². The molecule has 0 spiro atoms. The van der Waals surface area contributed by atoms with Gasteiger partial charge < -0.3 is 9.52 Å². The van der Waals surface area contributed by atoms with Crippen molar-refractivity contribution in [2.75, 3.05) is 0 Å². The number of carboxylic acid groups (broad SMARTS) is 1. The van der Waals surface area contributed by atoms with E-state index in [1.807, 2.05) is 0 Å². The molecule has 0 aliphatic rings. The third kappa shape index (κ3) is 2.93. The molecule has 2 atom stereocenters. The zero-order chi connectivity index (χ0) is 14.0. The van der Waals surface area contributed by atoms with Gasteiger partial charge in [-0.1, -0.05) is 31.5 Å². The SMILES string of the molecule is CC(C(=O)O)C(C)c1nnc(-c2cccc(Cl)c2)o1. The van der Waals surface area contributed by atoms with Crippen molar-refractivity contribution in [3.05, 3.63) is 35.2 Å². The van der Waals surface area contributed by atoms with Crippen LogP contribution < -0.4 is 0 Å². The minimum Gasteiger partial charge on any atom is -0.481 e. The highest BCUT2D eigenvalue weighted by Gasteiger charge is 2.25. The number of carboxylic acids is 1. The van der Waals surface area contributed by atoms with Gasteiger partial charge in [0.1, 0.15) is 0 Å². The van der Waals surface area contributed by atoms with Crippen LogP contribution in [-0.2, 0) is 4.79 Å². The predicted octanol–water partition coefficient (Wildman–Crippen LogP) is 3.21. The van der Waals surface area contributed by atoms with Crippen LogP contribution in [0.5, 0.6) is 0 Å². The second-order valence-corrected chi connectivity index (χ2v) is 4.81. The van der Waals surface area contributed by atoms with Gasteiger partial charge in [0.15, 0.2) is 0 Å². The van der Waals surface area contributed by atoms with Gasteiger partial charge in [-0.3, -0.25) is 4.79 Å². The van der Waals surface area contributed by atoms with Crippen LogP contribution in [0.3, 0.4) is 0 Å². The molecule has 100 valence electrons. The topological polar surface area (TPSA) is 76.2 Å². The van der Waals surface area contributed by atoms with Crippen molar-refractivity contribution in [1.82, 2.24) is 10.2 Å². The summed E-state index contributed by atoms with van der Waals surface area (Å²) in [6.45, 7) is 3.35. The van der Waals surface area contributed by atoms with Crippen LogP contribution in [0.25, 0.3) is 11.5 Å². The van der Waals surface area contributed by atoms with E-state index >= 15 is 0 Å². The summed E-state index contributed by atoms with van der Waals surface area (Å²) < 4.78 is 5.51. The van der Waals surface area contributed by atoms with Crippen molar-refractivity contribution in [3.63, 3.8) is 0 Å². The van der Waals surface area contributed by atoms with Crippen molar-refractivity contribution in [1.29, 1.82) is 0 Å². The molecule has 0 saturated heterocycles. The Morgan fingerprint density at radius 1 is 1.37 bits per heavy atom. The molecule has 19 heavy (non-hydrogen) atoms. The van der Waals surface area contributed by atoms with E-state index in [9.17, 15) is 4.79 Å². The Bertz CT molecular complexity index is 597. The predicted molar refractivity (Wildman–Crippen MR) is 70.0 cm³/mol. The molecule has 0 fully saturated rings. The largest absolute Gasteiger partial charge is 0.481 e. The molecular formula is C13H13ClN2O3. The van der Waals surface area contributed by atoms with Gasteiger partial charge in [-0.25, -0.2) is 0 Å². The van der Waals surface area contributed by atoms with Gasteiger partial charge in [-0.05, 0) is 18.2 Å². The highest BCUT2D eigenvalue weighted by atomic mass is 35.5. The Balaban J connectivity index is 2.26. The number of aromatic nitrogens is 2. The molecule has 0 bridgehead atoms. The van der Waals surface area contributed by atoms with Crippen molar-refractivity contribution in [3.8, 4) is 11.5 Å². The smallest absolute Gasteiger partial charge is 0.307 e. The lowest BCUT2D eigenvalue weighted by atomic mass is 9.96. The summed E-state index contributed by atoms with van der Waals surface area (Å²) in [6, 6.07) is 7.04. The number of hydrogen-bond donors (Lipinski definition) is 1. The van der Waals surface area contributed by atoms with Crippen LogP contribution in [0.15, 0.2) is 28.7 Å². The molecule has 0 aliphatic carbocycles. The number of aliphatic carboxylic acids is 1. The second kappa shape index (κ2) is 5.40. The number of hydrogen-bond acceptors (Lipinski definition) is 4. The van der Waals surface area contributed by atoms with Crippen LogP contribution in [0, 0.1) is 5.92 Å². The maximum absolute atomic E-state index is 10.9. The van der Waals surface area contributed by atoms with Gasteiger partial charge in [0, 0.05) is 16.5 Å². The highest BCUT2D eigenvalue weighted by Crippen LogP contribution is 2.27. The summed E-state index contributed by atoms with van der Waals surface area (Å²) in [5, 5.41) is 17.4. The molecule has 0 aliphatic heterocycles. The van der Waals surface area contributed by atoms with Gasteiger partial charge >= 0.3 is 5.97 Å². The summed E-state index contributed by atoms with van der Waals surface area (Å²) in [4.78, 5) is 10.9. The van der Waals surface area contributed by atoms with E-state index in [0.717, 1.165) is 0 Å². The van der Waals surface area contributed by atoms with E-state index in [4.69, 9.17) is 21.1 Å². The lowest BCUT2D eigenvalue weighted by molar-refractivity contribution is -0.141. The van der Waals surface area contributed by atoms with Gasteiger partial charge in [-0.2, -0.15) is 0 Å². The molecule has 2 aromatic rings. The molecule has 2 unspecified atom stereocenters. The fourth-order valence-electron chi connectivity index (χ4n) is 1.58. The molecule has 1 aromatic heterocycles. The lowest BCUT2D eigenvalue weighted by Crippen LogP contribution is -2.16. The van der Waals surface area contributed by atoms with Crippen LogP contribution in [0.2, 0.25) is 5.02 Å². The first-order valence-electron chi connectivity index (χ1n) is 5.81. The van der Waals surface area contributed by atoms with Crippen LogP contribution in [-0.4, -0.2) is 21.3 Å². The molecular weight excluding hydrogens is 268 g/mol. The molecule has 5 nitrogen and oxygen atoms in total. The zero-order valence-corrected chi connectivity index (χ0v) is 11.3. The Kier molecular flexibility index (Phi) is 3.85. The average Bonchev–Trinajstić information content (AvgIpc) is 2.86. The lowest BCUT2D eigenvalue weighted by Gasteiger charge is -2.10. The Morgan fingerprint density at radius 3 is 2.74 bits per heavy atom. The highest BCUT2D eigenvalue weighted by molar-refractivity contribution is 6.30. The van der Waals surface area contributed by atoms with Crippen molar-refractivity contribution >= 4 is 17.6 Å². The maximum atomic E-state index is 10.9. The van der Waals surface area contributed by atoms with Gasteiger partial charge in [0.05, 0.1) is 5.92 Å². The zero-order valence-electron chi connectivity index (χ0n) is 10.5. The van der Waals surface area contributed by atoms with Gasteiger partial charge in [0.25, 0.3) is 0 Å². The van der Waals surface area contributed by atoms with Crippen LogP contribution >= 0.6 is 11.6 Å².